The van der Waals surface area contributed by atoms with Crippen LogP contribution in [0, 0.1) is 0 Å². The van der Waals surface area contributed by atoms with Crippen molar-refractivity contribution in [2.24, 2.45) is 0 Å². The van der Waals surface area contributed by atoms with E-state index in [4.69, 9.17) is 4.74 Å². The number of amides is 1. The molecule has 0 radical (unpaired) electrons. The highest BCUT2D eigenvalue weighted by Gasteiger charge is 2.10. The predicted octanol–water partition coefficient (Wildman–Crippen LogP) is 3.57. The van der Waals surface area contributed by atoms with Crippen molar-refractivity contribution in [3.05, 3.63) is 52.2 Å². The highest BCUT2D eigenvalue weighted by molar-refractivity contribution is 7.10. The van der Waals surface area contributed by atoms with Crippen molar-refractivity contribution in [1.82, 2.24) is 5.32 Å². The van der Waals surface area contributed by atoms with Gasteiger partial charge in [-0.3, -0.25) is 4.79 Å². The van der Waals surface area contributed by atoms with Gasteiger partial charge < -0.3 is 10.1 Å². The summed E-state index contributed by atoms with van der Waals surface area (Å²) in [6.07, 6.45) is 0.443. The fourth-order valence-corrected chi connectivity index (χ4v) is 2.67. The summed E-state index contributed by atoms with van der Waals surface area (Å²) in [5.41, 5.74) is 1.08. The number of carbonyl (C=O) groups excluding carboxylic acids is 1. The van der Waals surface area contributed by atoms with Gasteiger partial charge in [0.25, 0.3) is 0 Å². The fraction of sp³-hybridized carbons (Fsp3) is 0.312. The van der Waals surface area contributed by atoms with Crippen LogP contribution in [0.1, 0.15) is 30.3 Å². The molecule has 1 aromatic carbocycles. The molecule has 106 valence electrons. The van der Waals surface area contributed by atoms with Crippen LogP contribution in [0.5, 0.6) is 5.75 Å². The third kappa shape index (κ3) is 4.10. The van der Waals surface area contributed by atoms with Gasteiger partial charge in [0.1, 0.15) is 5.75 Å². The average Bonchev–Trinajstić information content (AvgIpc) is 2.92. The summed E-state index contributed by atoms with van der Waals surface area (Å²) in [6.45, 7) is 4.61. The Morgan fingerprint density at radius 2 is 2.05 bits per heavy atom. The Hall–Kier alpha value is -1.81. The molecule has 1 atom stereocenters. The lowest BCUT2D eigenvalue weighted by Gasteiger charge is -2.14. The average molecular weight is 289 g/mol. The second kappa shape index (κ2) is 7.10. The molecule has 1 heterocycles. The minimum absolute atomic E-state index is 0.00172. The lowest BCUT2D eigenvalue weighted by atomic mass is 10.1. The van der Waals surface area contributed by atoms with E-state index >= 15 is 0 Å². The molecule has 0 saturated heterocycles. The van der Waals surface area contributed by atoms with Crippen molar-refractivity contribution in [2.75, 3.05) is 6.61 Å². The molecule has 1 N–H and O–H groups in total. The molecule has 1 amide bonds. The molecule has 0 saturated carbocycles. The first-order chi connectivity index (χ1) is 9.69. The Bertz CT molecular complexity index is 534. The fourth-order valence-electron chi connectivity index (χ4n) is 1.97. The molecule has 20 heavy (non-hydrogen) atoms. The molecule has 0 aliphatic heterocycles. The maximum Gasteiger partial charge on any atom is 0.225 e. The van der Waals surface area contributed by atoms with Crippen molar-refractivity contribution in [1.29, 1.82) is 0 Å². The van der Waals surface area contributed by atoms with Gasteiger partial charge in [0.05, 0.1) is 19.1 Å². The smallest absolute Gasteiger partial charge is 0.225 e. The molecule has 0 spiro atoms. The molecule has 0 aliphatic rings. The number of ether oxygens (including phenoxy) is 1. The largest absolute Gasteiger partial charge is 0.494 e. The van der Waals surface area contributed by atoms with Gasteiger partial charge in [-0.1, -0.05) is 18.2 Å². The van der Waals surface area contributed by atoms with Crippen molar-refractivity contribution in [2.45, 2.75) is 26.3 Å². The van der Waals surface area contributed by atoms with Gasteiger partial charge in [-0.15, -0.1) is 11.3 Å². The maximum absolute atomic E-state index is 11.9. The standard InChI is InChI=1S/C16H19NO2S/c1-3-19-14-8-6-13(7-9-14)12(2)17-16(18)11-15-5-4-10-20-15/h4-10,12H,3,11H2,1-2H3,(H,17,18). The lowest BCUT2D eigenvalue weighted by molar-refractivity contribution is -0.121. The second-order valence-corrected chi connectivity index (χ2v) is 5.58. The van der Waals surface area contributed by atoms with Gasteiger partial charge >= 0.3 is 0 Å². The number of benzene rings is 1. The van der Waals surface area contributed by atoms with Crippen LogP contribution in [0.15, 0.2) is 41.8 Å². The lowest BCUT2D eigenvalue weighted by Crippen LogP contribution is -2.27. The Morgan fingerprint density at radius 3 is 2.65 bits per heavy atom. The predicted molar refractivity (Wildman–Crippen MR) is 82.2 cm³/mol. The summed E-state index contributed by atoms with van der Waals surface area (Å²) in [7, 11) is 0. The first-order valence-electron chi connectivity index (χ1n) is 6.73. The van der Waals surface area contributed by atoms with Crippen LogP contribution in [-0.4, -0.2) is 12.5 Å². The van der Waals surface area contributed by atoms with Crippen LogP contribution in [0.3, 0.4) is 0 Å². The summed E-state index contributed by atoms with van der Waals surface area (Å²) in [4.78, 5) is 13.0. The molecule has 1 aromatic heterocycles. The molecule has 4 heteroatoms. The van der Waals surface area contributed by atoms with Crippen molar-refractivity contribution < 1.29 is 9.53 Å². The number of carbonyl (C=O) groups is 1. The van der Waals surface area contributed by atoms with Gasteiger partial charge in [-0.05, 0) is 43.0 Å². The van der Waals surface area contributed by atoms with E-state index in [0.717, 1.165) is 16.2 Å². The molecule has 2 rings (SSSR count). The highest BCUT2D eigenvalue weighted by atomic mass is 32.1. The Morgan fingerprint density at radius 1 is 1.30 bits per heavy atom. The van der Waals surface area contributed by atoms with Crippen LogP contribution >= 0.6 is 11.3 Å². The zero-order chi connectivity index (χ0) is 14.4. The van der Waals surface area contributed by atoms with Gasteiger partial charge in [-0.25, -0.2) is 0 Å². The van der Waals surface area contributed by atoms with Crippen molar-refractivity contribution >= 4 is 17.2 Å². The van der Waals surface area contributed by atoms with Crippen LogP contribution in [0.2, 0.25) is 0 Å². The monoisotopic (exact) mass is 289 g/mol. The SMILES string of the molecule is CCOc1ccc(C(C)NC(=O)Cc2cccs2)cc1. The van der Waals surface area contributed by atoms with Gasteiger partial charge in [0, 0.05) is 4.88 Å². The first-order valence-corrected chi connectivity index (χ1v) is 7.61. The molecule has 0 aliphatic carbocycles. The summed E-state index contributed by atoms with van der Waals surface area (Å²) in [5, 5.41) is 5.00. The van der Waals surface area contributed by atoms with Crippen molar-refractivity contribution in [3.63, 3.8) is 0 Å². The number of hydrogen-bond acceptors (Lipinski definition) is 3. The third-order valence-corrected chi connectivity index (χ3v) is 3.86. The Balaban J connectivity index is 1.90. The van der Waals surface area contributed by atoms with E-state index in [2.05, 4.69) is 5.32 Å². The first kappa shape index (κ1) is 14.6. The molecular formula is C16H19NO2S. The van der Waals surface area contributed by atoms with Gasteiger partial charge in [0.2, 0.25) is 5.91 Å². The highest BCUT2D eigenvalue weighted by Crippen LogP contribution is 2.18. The van der Waals surface area contributed by atoms with E-state index in [-0.39, 0.29) is 11.9 Å². The zero-order valence-electron chi connectivity index (χ0n) is 11.8. The maximum atomic E-state index is 11.9. The van der Waals surface area contributed by atoms with Crippen molar-refractivity contribution in [3.8, 4) is 5.75 Å². The third-order valence-electron chi connectivity index (χ3n) is 2.98. The number of thiophene rings is 1. The molecule has 3 nitrogen and oxygen atoms in total. The zero-order valence-corrected chi connectivity index (χ0v) is 12.6. The van der Waals surface area contributed by atoms with E-state index in [9.17, 15) is 4.79 Å². The van der Waals surface area contributed by atoms with Crippen LogP contribution < -0.4 is 10.1 Å². The minimum Gasteiger partial charge on any atom is -0.494 e. The normalized spacial score (nSPS) is 11.9. The molecule has 0 fully saturated rings. The number of rotatable bonds is 6. The van der Waals surface area contributed by atoms with E-state index in [0.29, 0.717) is 13.0 Å². The number of hydrogen-bond donors (Lipinski definition) is 1. The Labute approximate surface area is 123 Å². The molecule has 2 aromatic rings. The van der Waals surface area contributed by atoms with E-state index in [1.165, 1.54) is 0 Å². The Kier molecular flexibility index (Phi) is 5.18. The molecule has 0 bridgehead atoms. The van der Waals surface area contributed by atoms with Crippen LogP contribution in [0.4, 0.5) is 0 Å². The van der Waals surface area contributed by atoms with E-state index < -0.39 is 0 Å². The van der Waals surface area contributed by atoms with E-state index in [1.54, 1.807) is 11.3 Å². The summed E-state index contributed by atoms with van der Waals surface area (Å²) in [5.74, 6) is 0.905. The van der Waals surface area contributed by atoms with E-state index in [1.807, 2.05) is 55.6 Å². The van der Waals surface area contributed by atoms with Crippen LogP contribution in [-0.2, 0) is 11.2 Å². The minimum atomic E-state index is -0.00172. The van der Waals surface area contributed by atoms with Crippen LogP contribution in [0.25, 0.3) is 0 Å². The number of nitrogens with one attached hydrogen (secondary N) is 1. The molecular weight excluding hydrogens is 270 g/mol. The molecule has 1 unspecified atom stereocenters. The quantitative estimate of drug-likeness (QED) is 0.883. The summed E-state index contributed by atoms with van der Waals surface area (Å²) in [6, 6.07) is 11.8. The van der Waals surface area contributed by atoms with Gasteiger partial charge in [-0.2, -0.15) is 0 Å². The summed E-state index contributed by atoms with van der Waals surface area (Å²) < 4.78 is 5.41. The topological polar surface area (TPSA) is 38.3 Å². The second-order valence-electron chi connectivity index (χ2n) is 4.55. The van der Waals surface area contributed by atoms with Gasteiger partial charge in [0.15, 0.2) is 0 Å². The summed E-state index contributed by atoms with van der Waals surface area (Å²) >= 11 is 1.60.